The first kappa shape index (κ1) is 13.3. The molecule has 1 N–H and O–H groups in total. The molecule has 21 heavy (non-hydrogen) atoms. The lowest BCUT2D eigenvalue weighted by Crippen LogP contribution is -2.14. The molecule has 0 fully saturated rings. The van der Waals surface area contributed by atoms with Crippen LogP contribution in [0.3, 0.4) is 0 Å². The molecule has 3 aromatic heterocycles. The third kappa shape index (κ3) is 2.75. The van der Waals surface area contributed by atoms with E-state index in [2.05, 4.69) is 9.97 Å². The molecule has 0 spiro atoms. The Morgan fingerprint density at radius 1 is 1.38 bits per heavy atom. The van der Waals surface area contributed by atoms with Gasteiger partial charge < -0.3 is 9.84 Å². The molecule has 8 heteroatoms. The quantitative estimate of drug-likeness (QED) is 0.783. The number of ether oxygens (including phenoxy) is 1. The number of aromatic carboxylic acids is 1. The van der Waals surface area contributed by atoms with Crippen LogP contribution in [-0.2, 0) is 6.61 Å². The van der Waals surface area contributed by atoms with E-state index in [-0.39, 0.29) is 17.7 Å². The van der Waals surface area contributed by atoms with Crippen LogP contribution in [0.25, 0.3) is 4.96 Å². The Bertz CT molecular complexity index is 871. The molecule has 3 aromatic rings. The zero-order valence-corrected chi connectivity index (χ0v) is 11.4. The summed E-state index contributed by atoms with van der Waals surface area (Å²) in [6.45, 7) is 0.0639. The minimum atomic E-state index is -1.08. The van der Waals surface area contributed by atoms with E-state index in [0.717, 1.165) is 0 Å². The minimum Gasteiger partial charge on any atom is -0.486 e. The highest BCUT2D eigenvalue weighted by molar-refractivity contribution is 7.15. The second-order valence-corrected chi connectivity index (χ2v) is 5.02. The predicted molar refractivity (Wildman–Crippen MR) is 74.9 cm³/mol. The summed E-state index contributed by atoms with van der Waals surface area (Å²) in [6.07, 6.45) is 4.29. The molecular weight excluding hydrogens is 294 g/mol. The van der Waals surface area contributed by atoms with Crippen molar-refractivity contribution in [3.05, 3.63) is 57.7 Å². The summed E-state index contributed by atoms with van der Waals surface area (Å²) in [7, 11) is 0. The molecule has 106 valence electrons. The number of carboxylic acids is 1. The van der Waals surface area contributed by atoms with E-state index < -0.39 is 5.97 Å². The number of hydrogen-bond acceptors (Lipinski definition) is 6. The van der Waals surface area contributed by atoms with Gasteiger partial charge in [0.2, 0.25) is 0 Å². The van der Waals surface area contributed by atoms with E-state index in [1.165, 1.54) is 40.3 Å². The van der Waals surface area contributed by atoms with Crippen LogP contribution in [0.1, 0.15) is 16.1 Å². The Kier molecular flexibility index (Phi) is 3.36. The molecule has 0 aliphatic carbocycles. The molecule has 3 rings (SSSR count). The summed E-state index contributed by atoms with van der Waals surface area (Å²) >= 11 is 1.35. The van der Waals surface area contributed by atoms with E-state index in [0.29, 0.717) is 16.4 Å². The van der Waals surface area contributed by atoms with Crippen LogP contribution in [0.2, 0.25) is 0 Å². The number of aromatic nitrogens is 3. The smallest absolute Gasteiger partial charge is 0.337 e. The highest BCUT2D eigenvalue weighted by Crippen LogP contribution is 2.13. The van der Waals surface area contributed by atoms with Gasteiger partial charge in [0.25, 0.3) is 5.56 Å². The Labute approximate surface area is 122 Å². The molecule has 0 aliphatic rings. The SMILES string of the molecule is O=C(O)c1cncc(OCc2cc(=O)n3ccsc3n2)c1. The number of fused-ring (bicyclic) bond motifs is 1. The summed E-state index contributed by atoms with van der Waals surface area (Å²) in [4.78, 5) is 31.3. The molecule has 7 nitrogen and oxygen atoms in total. The standard InChI is InChI=1S/C13H9N3O4S/c17-11-4-9(15-13-16(11)1-2-21-13)7-20-10-3-8(12(18)19)5-14-6-10/h1-6H,7H2,(H,18,19). The van der Waals surface area contributed by atoms with Crippen LogP contribution < -0.4 is 10.3 Å². The number of nitrogens with zero attached hydrogens (tertiary/aromatic N) is 3. The lowest BCUT2D eigenvalue weighted by molar-refractivity contribution is 0.0696. The van der Waals surface area contributed by atoms with Crippen molar-refractivity contribution in [3.63, 3.8) is 0 Å². The topological polar surface area (TPSA) is 93.8 Å². The first-order valence-corrected chi connectivity index (χ1v) is 6.78. The predicted octanol–water partition coefficient (Wildman–Crippen LogP) is 1.43. The Hall–Kier alpha value is -2.74. The molecule has 3 heterocycles. The Morgan fingerprint density at radius 2 is 2.24 bits per heavy atom. The van der Waals surface area contributed by atoms with Gasteiger partial charge in [0.05, 0.1) is 17.5 Å². The summed E-state index contributed by atoms with van der Waals surface area (Å²) in [6, 6.07) is 2.75. The van der Waals surface area contributed by atoms with E-state index in [4.69, 9.17) is 9.84 Å². The van der Waals surface area contributed by atoms with Crippen molar-refractivity contribution in [2.45, 2.75) is 6.61 Å². The van der Waals surface area contributed by atoms with Crippen LogP contribution in [-0.4, -0.2) is 25.4 Å². The lowest BCUT2D eigenvalue weighted by Gasteiger charge is -2.05. The third-order valence-corrected chi connectivity index (χ3v) is 3.46. The number of pyridine rings is 1. The largest absolute Gasteiger partial charge is 0.486 e. The highest BCUT2D eigenvalue weighted by atomic mass is 32.1. The van der Waals surface area contributed by atoms with Gasteiger partial charge in [-0.1, -0.05) is 0 Å². The summed E-state index contributed by atoms with van der Waals surface area (Å²) in [5, 5.41) is 10.6. The van der Waals surface area contributed by atoms with E-state index in [1.54, 1.807) is 11.6 Å². The summed E-state index contributed by atoms with van der Waals surface area (Å²) < 4.78 is 6.88. The van der Waals surface area contributed by atoms with E-state index in [9.17, 15) is 9.59 Å². The fraction of sp³-hybridized carbons (Fsp3) is 0.0769. The van der Waals surface area contributed by atoms with Crippen LogP contribution in [0.15, 0.2) is 40.9 Å². The molecule has 0 saturated heterocycles. The minimum absolute atomic E-state index is 0.0363. The van der Waals surface area contributed by atoms with E-state index in [1.807, 2.05) is 0 Å². The molecule has 0 radical (unpaired) electrons. The van der Waals surface area contributed by atoms with Crippen molar-refractivity contribution in [2.24, 2.45) is 0 Å². The van der Waals surface area contributed by atoms with Gasteiger partial charge in [-0.2, -0.15) is 0 Å². The van der Waals surface area contributed by atoms with Gasteiger partial charge in [-0.3, -0.25) is 14.2 Å². The molecule has 0 unspecified atom stereocenters. The maximum absolute atomic E-state index is 11.8. The van der Waals surface area contributed by atoms with Gasteiger partial charge in [-0.25, -0.2) is 9.78 Å². The van der Waals surface area contributed by atoms with Crippen molar-refractivity contribution < 1.29 is 14.6 Å². The van der Waals surface area contributed by atoms with Crippen LogP contribution in [0.5, 0.6) is 5.75 Å². The maximum atomic E-state index is 11.8. The number of hydrogen-bond donors (Lipinski definition) is 1. The van der Waals surface area contributed by atoms with E-state index >= 15 is 0 Å². The lowest BCUT2D eigenvalue weighted by atomic mass is 10.3. The fourth-order valence-corrected chi connectivity index (χ4v) is 2.47. The Morgan fingerprint density at radius 3 is 3.05 bits per heavy atom. The molecular formula is C13H9N3O4S. The number of carboxylic acid groups (broad SMARTS) is 1. The maximum Gasteiger partial charge on any atom is 0.337 e. The van der Waals surface area contributed by atoms with Gasteiger partial charge in [-0.05, 0) is 6.07 Å². The number of carbonyl (C=O) groups is 1. The zero-order valence-electron chi connectivity index (χ0n) is 10.6. The van der Waals surface area contributed by atoms with Gasteiger partial charge in [0.15, 0.2) is 4.96 Å². The van der Waals surface area contributed by atoms with Crippen LogP contribution >= 0.6 is 11.3 Å². The second-order valence-electron chi connectivity index (χ2n) is 4.14. The second kappa shape index (κ2) is 5.33. The van der Waals surface area contributed by atoms with Gasteiger partial charge in [0, 0.05) is 23.8 Å². The fourth-order valence-electron chi connectivity index (χ4n) is 1.73. The van der Waals surface area contributed by atoms with Gasteiger partial charge >= 0.3 is 5.97 Å². The van der Waals surface area contributed by atoms with Crippen LogP contribution in [0.4, 0.5) is 0 Å². The van der Waals surface area contributed by atoms with Crippen molar-refractivity contribution in [1.29, 1.82) is 0 Å². The Balaban J connectivity index is 1.81. The number of thiazole rings is 1. The highest BCUT2D eigenvalue weighted by Gasteiger charge is 2.07. The number of rotatable bonds is 4. The van der Waals surface area contributed by atoms with Gasteiger partial charge in [-0.15, -0.1) is 11.3 Å². The molecule has 0 amide bonds. The van der Waals surface area contributed by atoms with Crippen molar-refractivity contribution in [1.82, 2.24) is 14.4 Å². The summed E-state index contributed by atoms with van der Waals surface area (Å²) in [5.41, 5.74) is 0.328. The van der Waals surface area contributed by atoms with Crippen LogP contribution in [0, 0.1) is 0 Å². The normalized spacial score (nSPS) is 10.7. The van der Waals surface area contributed by atoms with Gasteiger partial charge in [0.1, 0.15) is 12.4 Å². The monoisotopic (exact) mass is 303 g/mol. The first-order chi connectivity index (χ1) is 10.1. The molecule has 0 atom stereocenters. The summed E-state index contributed by atoms with van der Waals surface area (Å²) in [5.74, 6) is -0.771. The average Bonchev–Trinajstić information content (AvgIpc) is 2.94. The molecule has 0 saturated carbocycles. The third-order valence-electron chi connectivity index (χ3n) is 2.70. The molecule has 0 aliphatic heterocycles. The van der Waals surface area contributed by atoms with Crippen molar-refractivity contribution in [3.8, 4) is 5.75 Å². The molecule has 0 aromatic carbocycles. The first-order valence-electron chi connectivity index (χ1n) is 5.90. The van der Waals surface area contributed by atoms with Crippen molar-refractivity contribution >= 4 is 22.3 Å². The average molecular weight is 303 g/mol. The van der Waals surface area contributed by atoms with Crippen molar-refractivity contribution in [2.75, 3.05) is 0 Å². The molecule has 0 bridgehead atoms. The zero-order chi connectivity index (χ0) is 14.8.